The molecule has 0 unspecified atom stereocenters. The van der Waals surface area contributed by atoms with Gasteiger partial charge < -0.3 is 42.9 Å². The van der Waals surface area contributed by atoms with Crippen LogP contribution in [-0.4, -0.2) is 83.3 Å². The van der Waals surface area contributed by atoms with Crippen molar-refractivity contribution in [1.29, 1.82) is 0 Å². The molecule has 0 aliphatic rings. The van der Waals surface area contributed by atoms with Gasteiger partial charge in [-0.3, -0.25) is 19.2 Å². The zero-order chi connectivity index (χ0) is 47.0. The fourth-order valence-electron chi connectivity index (χ4n) is 8.17. The van der Waals surface area contributed by atoms with E-state index in [0.717, 1.165) is 88.4 Å². The Hall–Kier alpha value is -3.84. The lowest BCUT2D eigenvalue weighted by molar-refractivity contribution is -0.133. The summed E-state index contributed by atoms with van der Waals surface area (Å²) in [6.45, 7) is 8.94. The summed E-state index contributed by atoms with van der Waals surface area (Å²) in [4.78, 5) is 54.3. The molecule has 0 heterocycles. The number of hydrogen-bond donors (Lipinski definition) is 8. The molecule has 0 saturated heterocycles. The maximum Gasteiger partial charge on any atom is 0.243 e. The van der Waals surface area contributed by atoms with Gasteiger partial charge in [0, 0.05) is 12.8 Å². The number of carbonyl (C=O) groups excluding carboxylic acids is 4. The normalized spacial score (nSPS) is 14.3. The van der Waals surface area contributed by atoms with E-state index in [1.807, 2.05) is 88.4 Å². The summed E-state index contributed by atoms with van der Waals surface area (Å²) >= 11 is 0. The highest BCUT2D eigenvalue weighted by atomic mass is 16.3. The molecule has 0 aliphatic heterocycles. The Kier molecular flexibility index (Phi) is 30.3. The molecule has 0 fully saturated rings. The number of benzene rings is 2. The van der Waals surface area contributed by atoms with E-state index in [1.54, 1.807) is 0 Å². The zero-order valence-electron chi connectivity index (χ0n) is 40.0. The van der Waals surface area contributed by atoms with Gasteiger partial charge in [-0.05, 0) is 74.6 Å². The van der Waals surface area contributed by atoms with E-state index < -0.39 is 48.2 Å². The van der Waals surface area contributed by atoms with Crippen molar-refractivity contribution in [1.82, 2.24) is 21.3 Å². The highest BCUT2D eigenvalue weighted by molar-refractivity contribution is 5.89. The Morgan fingerprint density at radius 2 is 0.719 bits per heavy atom. The monoisotopic (exact) mass is 893 g/mol. The minimum absolute atomic E-state index is 0.183. The van der Waals surface area contributed by atoms with Crippen molar-refractivity contribution in [3.8, 4) is 0 Å². The molecule has 12 heteroatoms. The van der Waals surface area contributed by atoms with E-state index in [0.29, 0.717) is 12.8 Å². The van der Waals surface area contributed by atoms with Gasteiger partial charge >= 0.3 is 0 Å². The molecule has 0 saturated carbocycles. The lowest BCUT2D eigenvalue weighted by atomic mass is 9.90. The van der Waals surface area contributed by atoms with Gasteiger partial charge in [-0.15, -0.1) is 0 Å². The smallest absolute Gasteiger partial charge is 0.243 e. The van der Waals surface area contributed by atoms with Gasteiger partial charge in [0.1, 0.15) is 24.3 Å². The van der Waals surface area contributed by atoms with Gasteiger partial charge in [-0.25, -0.2) is 0 Å². The van der Waals surface area contributed by atoms with Crippen molar-refractivity contribution >= 4 is 23.6 Å². The van der Waals surface area contributed by atoms with Crippen molar-refractivity contribution < 1.29 is 29.4 Å². The third kappa shape index (κ3) is 24.4. The molecule has 6 atom stereocenters. The fraction of sp³-hybridized carbons (Fsp3) is 0.692. The molecule has 2 aromatic carbocycles. The van der Waals surface area contributed by atoms with Gasteiger partial charge in [0.2, 0.25) is 23.6 Å². The molecule has 2 rings (SSSR count). The van der Waals surface area contributed by atoms with Crippen LogP contribution in [0, 0.1) is 11.8 Å². The average Bonchev–Trinajstić information content (AvgIpc) is 3.28. The van der Waals surface area contributed by atoms with E-state index in [-0.39, 0.29) is 36.5 Å². The average molecular weight is 893 g/mol. The number of aliphatic hydroxyl groups is 2. The van der Waals surface area contributed by atoms with Gasteiger partial charge in [-0.1, -0.05) is 178 Å². The number of carbonyl (C=O) groups is 4. The molecule has 12 nitrogen and oxygen atoms in total. The van der Waals surface area contributed by atoms with Crippen LogP contribution in [0.4, 0.5) is 0 Å². The maximum absolute atomic E-state index is 14.0. The number of nitrogens with two attached hydrogens (primary N) is 2. The molecule has 0 aromatic heterocycles. The number of hydrogen-bond acceptors (Lipinski definition) is 8. The Balaban J connectivity index is 2.14. The molecule has 0 aliphatic carbocycles. The number of rotatable bonds is 37. The fourth-order valence-corrected chi connectivity index (χ4v) is 8.17. The Morgan fingerprint density at radius 1 is 0.438 bits per heavy atom. The van der Waals surface area contributed by atoms with Crippen LogP contribution in [0.25, 0.3) is 0 Å². The minimum Gasteiger partial charge on any atom is -0.388 e. The Bertz CT molecular complexity index is 1420. The van der Waals surface area contributed by atoms with Crippen LogP contribution in [0.2, 0.25) is 0 Å². The van der Waals surface area contributed by atoms with Crippen LogP contribution in [0.15, 0.2) is 60.7 Å². The summed E-state index contributed by atoms with van der Waals surface area (Å²) in [6.07, 6.45) is 17.4. The van der Waals surface area contributed by atoms with E-state index >= 15 is 0 Å². The van der Waals surface area contributed by atoms with E-state index in [4.69, 9.17) is 11.5 Å². The largest absolute Gasteiger partial charge is 0.388 e. The van der Waals surface area contributed by atoms with Crippen molar-refractivity contribution in [2.45, 2.75) is 205 Å². The highest BCUT2D eigenvalue weighted by Crippen LogP contribution is 2.18. The maximum atomic E-state index is 14.0. The van der Waals surface area contributed by atoms with Crippen molar-refractivity contribution in [3.63, 3.8) is 0 Å². The van der Waals surface area contributed by atoms with E-state index in [2.05, 4.69) is 21.3 Å². The first-order valence-corrected chi connectivity index (χ1v) is 24.9. The summed E-state index contributed by atoms with van der Waals surface area (Å²) in [5.41, 5.74) is 12.8. The Labute approximate surface area is 386 Å². The molecule has 2 aromatic rings. The number of aliphatic hydroxyl groups excluding tert-OH is 2. The summed E-state index contributed by atoms with van der Waals surface area (Å²) in [5, 5.41) is 35.9. The highest BCUT2D eigenvalue weighted by Gasteiger charge is 2.37. The quantitative estimate of drug-likeness (QED) is 0.0326. The molecular formula is C52H88N6O6. The minimum atomic E-state index is -1.53. The van der Waals surface area contributed by atoms with Crippen molar-refractivity contribution in [3.05, 3.63) is 71.8 Å². The Morgan fingerprint density at radius 3 is 1.00 bits per heavy atom. The molecule has 0 spiro atoms. The third-order valence-electron chi connectivity index (χ3n) is 12.2. The molecule has 64 heavy (non-hydrogen) atoms. The first-order valence-electron chi connectivity index (χ1n) is 24.9. The second kappa shape index (κ2) is 34.5. The predicted molar refractivity (Wildman–Crippen MR) is 260 cm³/mol. The number of unbranched alkanes of at least 4 members (excludes halogenated alkanes) is 16. The molecule has 4 amide bonds. The molecule has 0 bridgehead atoms. The summed E-state index contributed by atoms with van der Waals surface area (Å²) < 4.78 is 0. The molecule has 362 valence electrons. The SMILES string of the molecule is CC(C)[C@H](NC(=O)CCCCCCCCCCCN)C(=O)N[C@@H](Cc1ccccc1)[C@@H](O)[C@H](O)[C@H](Cc1ccccc1)NC(=O)[C@@H](NC(=O)CCCCCCCCCCCN)C(C)C. The second-order valence-electron chi connectivity index (χ2n) is 18.6. The molecule has 10 N–H and O–H groups in total. The molecule has 0 radical (unpaired) electrons. The van der Waals surface area contributed by atoms with Crippen molar-refractivity contribution in [2.24, 2.45) is 23.3 Å². The van der Waals surface area contributed by atoms with Crippen LogP contribution in [0.1, 0.15) is 167 Å². The first kappa shape index (κ1) is 56.3. The van der Waals surface area contributed by atoms with Gasteiger partial charge in [-0.2, -0.15) is 0 Å². The lowest BCUT2D eigenvalue weighted by Crippen LogP contribution is -2.61. The summed E-state index contributed by atoms with van der Waals surface area (Å²) in [7, 11) is 0. The lowest BCUT2D eigenvalue weighted by Gasteiger charge is -2.35. The van der Waals surface area contributed by atoms with Gasteiger partial charge in [0.25, 0.3) is 0 Å². The second-order valence-corrected chi connectivity index (χ2v) is 18.6. The van der Waals surface area contributed by atoms with Crippen LogP contribution in [0.5, 0.6) is 0 Å². The van der Waals surface area contributed by atoms with Gasteiger partial charge in [0.05, 0.1) is 12.1 Å². The number of nitrogens with one attached hydrogen (secondary N) is 4. The third-order valence-corrected chi connectivity index (χ3v) is 12.2. The standard InChI is InChI=1S/C52H88N6O6/c1-39(2)47(57-45(59)33-25-15-11-7-5-9-13-17-27-35-53)51(63)55-43(37-41-29-21-19-22-30-41)49(61)50(62)44(38-42-31-23-20-24-32-42)56-52(64)48(40(3)4)58-46(60)34-26-16-12-8-6-10-14-18-28-36-54/h19-24,29-32,39-40,43-44,47-50,61-62H,5-18,25-28,33-38,53-54H2,1-4H3,(H,55,63)(H,56,64)(H,57,59)(H,58,60)/t43-,44-,47-,48-,49+,50+/m0/s1. The van der Waals surface area contributed by atoms with E-state index in [1.165, 1.54) is 51.4 Å². The topological polar surface area (TPSA) is 209 Å². The van der Waals surface area contributed by atoms with Crippen LogP contribution >= 0.6 is 0 Å². The molecular weight excluding hydrogens is 805 g/mol. The number of amides is 4. The van der Waals surface area contributed by atoms with Crippen LogP contribution in [0.3, 0.4) is 0 Å². The summed E-state index contributed by atoms with van der Waals surface area (Å²) in [5.74, 6) is -1.83. The zero-order valence-corrected chi connectivity index (χ0v) is 40.0. The van der Waals surface area contributed by atoms with E-state index in [9.17, 15) is 29.4 Å². The van der Waals surface area contributed by atoms with Crippen molar-refractivity contribution in [2.75, 3.05) is 13.1 Å². The predicted octanol–water partition coefficient (Wildman–Crippen LogP) is 7.16. The first-order chi connectivity index (χ1) is 30.9. The summed E-state index contributed by atoms with van der Waals surface area (Å²) in [6, 6.07) is 15.0. The van der Waals surface area contributed by atoms with Gasteiger partial charge in [0.15, 0.2) is 0 Å². The van der Waals surface area contributed by atoms with Crippen LogP contribution in [-0.2, 0) is 32.0 Å². The van der Waals surface area contributed by atoms with Crippen LogP contribution < -0.4 is 32.7 Å².